The summed E-state index contributed by atoms with van der Waals surface area (Å²) in [6.45, 7) is 2.09. The van der Waals surface area contributed by atoms with Crippen molar-refractivity contribution >= 4 is 16.4 Å². The third kappa shape index (κ3) is 3.59. The SMILES string of the molecule is CCC(OCc1ccccc1)N1OS(=O)(=O)ON=C1N. The summed E-state index contributed by atoms with van der Waals surface area (Å²) in [7, 11) is -4.22. The van der Waals surface area contributed by atoms with Gasteiger partial charge in [0.05, 0.1) is 6.61 Å². The zero-order valence-corrected chi connectivity index (χ0v) is 11.6. The molecule has 9 heteroatoms. The van der Waals surface area contributed by atoms with Crippen LogP contribution >= 0.6 is 0 Å². The number of benzene rings is 1. The molecular weight excluding hydrogens is 286 g/mol. The van der Waals surface area contributed by atoms with E-state index in [2.05, 4.69) is 13.7 Å². The maximum Gasteiger partial charge on any atom is 0.491 e. The van der Waals surface area contributed by atoms with E-state index in [4.69, 9.17) is 10.5 Å². The van der Waals surface area contributed by atoms with Crippen molar-refractivity contribution in [2.75, 3.05) is 0 Å². The van der Waals surface area contributed by atoms with Crippen molar-refractivity contribution in [3.8, 4) is 0 Å². The van der Waals surface area contributed by atoms with Gasteiger partial charge in [-0.2, -0.15) is 13.5 Å². The lowest BCUT2D eigenvalue weighted by atomic mass is 10.2. The second-order valence-corrected chi connectivity index (χ2v) is 5.11. The van der Waals surface area contributed by atoms with Crippen LogP contribution in [0.4, 0.5) is 0 Å². The summed E-state index contributed by atoms with van der Waals surface area (Å²) in [6, 6.07) is 9.43. The Morgan fingerprint density at radius 3 is 2.75 bits per heavy atom. The number of hydrogen-bond acceptors (Lipinski definition) is 8. The third-order valence-corrected chi connectivity index (χ3v) is 3.12. The normalized spacial score (nSPS) is 19.1. The second-order valence-electron chi connectivity index (χ2n) is 3.99. The van der Waals surface area contributed by atoms with Crippen LogP contribution in [0.2, 0.25) is 0 Å². The molecule has 1 aliphatic rings. The Labute approximate surface area is 117 Å². The molecule has 1 heterocycles. The van der Waals surface area contributed by atoms with Gasteiger partial charge < -0.3 is 10.5 Å². The molecule has 1 atom stereocenters. The van der Waals surface area contributed by atoms with Gasteiger partial charge >= 0.3 is 10.4 Å². The van der Waals surface area contributed by atoms with Crippen LogP contribution in [-0.2, 0) is 30.3 Å². The number of hydroxylamine groups is 2. The van der Waals surface area contributed by atoms with Crippen molar-refractivity contribution in [2.45, 2.75) is 26.2 Å². The minimum absolute atomic E-state index is 0.222. The molecule has 1 aliphatic heterocycles. The zero-order valence-electron chi connectivity index (χ0n) is 10.8. The minimum atomic E-state index is -4.22. The molecule has 1 unspecified atom stereocenters. The van der Waals surface area contributed by atoms with E-state index < -0.39 is 16.6 Å². The second kappa shape index (κ2) is 6.07. The number of ether oxygens (including phenoxy) is 1. The fraction of sp³-hybridized carbons (Fsp3) is 0.364. The van der Waals surface area contributed by atoms with Gasteiger partial charge in [-0.25, -0.2) is 4.28 Å². The van der Waals surface area contributed by atoms with Crippen LogP contribution in [0, 0.1) is 0 Å². The van der Waals surface area contributed by atoms with Crippen LogP contribution in [0.25, 0.3) is 0 Å². The van der Waals surface area contributed by atoms with Crippen LogP contribution in [-0.4, -0.2) is 25.7 Å². The standard InChI is InChI=1S/C11H15N3O5S/c1-2-10(17-8-9-6-4-3-5-7-9)14-11(12)13-18-20(15,16)19-14/h3-7,10H,2,8H2,1H3,(H2,12,13). The van der Waals surface area contributed by atoms with Crippen LogP contribution in [0.1, 0.15) is 18.9 Å². The molecule has 0 fully saturated rings. The average Bonchev–Trinajstić information content (AvgIpc) is 2.44. The van der Waals surface area contributed by atoms with E-state index in [1.165, 1.54) is 0 Å². The van der Waals surface area contributed by atoms with Crippen molar-refractivity contribution in [1.82, 2.24) is 5.06 Å². The fourth-order valence-electron chi connectivity index (χ4n) is 1.59. The number of hydrogen-bond donors (Lipinski definition) is 1. The number of oxime groups is 1. The van der Waals surface area contributed by atoms with Gasteiger partial charge in [0.15, 0.2) is 6.23 Å². The van der Waals surface area contributed by atoms with E-state index in [1.54, 1.807) is 6.92 Å². The van der Waals surface area contributed by atoms with E-state index in [0.29, 0.717) is 6.42 Å². The van der Waals surface area contributed by atoms with E-state index in [0.717, 1.165) is 10.6 Å². The molecule has 0 saturated heterocycles. The molecule has 0 bridgehead atoms. The number of rotatable bonds is 5. The van der Waals surface area contributed by atoms with Gasteiger partial charge in [0.25, 0.3) is 5.96 Å². The summed E-state index contributed by atoms with van der Waals surface area (Å²) in [5.74, 6) is -0.222. The van der Waals surface area contributed by atoms with E-state index in [9.17, 15) is 8.42 Å². The van der Waals surface area contributed by atoms with Gasteiger partial charge in [0, 0.05) is 0 Å². The highest BCUT2D eigenvalue weighted by molar-refractivity contribution is 7.81. The zero-order chi connectivity index (χ0) is 14.6. The van der Waals surface area contributed by atoms with Crippen molar-refractivity contribution in [2.24, 2.45) is 10.9 Å². The van der Waals surface area contributed by atoms with Crippen molar-refractivity contribution < 1.29 is 21.7 Å². The predicted molar refractivity (Wildman–Crippen MR) is 69.9 cm³/mol. The largest absolute Gasteiger partial charge is 0.491 e. The number of nitrogens with two attached hydrogens (primary N) is 1. The Bertz CT molecular complexity index is 575. The molecule has 2 rings (SSSR count). The van der Waals surface area contributed by atoms with E-state index in [1.807, 2.05) is 30.3 Å². The first-order valence-electron chi connectivity index (χ1n) is 5.93. The fourth-order valence-corrected chi connectivity index (χ4v) is 2.15. The van der Waals surface area contributed by atoms with Crippen molar-refractivity contribution in [3.63, 3.8) is 0 Å². The molecule has 0 saturated carbocycles. The molecular formula is C11H15N3O5S. The minimum Gasteiger partial charge on any atom is -0.365 e. The summed E-state index contributed by atoms with van der Waals surface area (Å²) in [5.41, 5.74) is 6.47. The molecule has 0 aromatic heterocycles. The molecule has 0 amide bonds. The Morgan fingerprint density at radius 1 is 1.40 bits per heavy atom. The van der Waals surface area contributed by atoms with Crippen molar-refractivity contribution in [1.29, 1.82) is 0 Å². The molecule has 110 valence electrons. The molecule has 0 aliphatic carbocycles. The Morgan fingerprint density at radius 2 is 2.10 bits per heavy atom. The summed E-state index contributed by atoms with van der Waals surface area (Å²) in [5, 5.41) is 4.09. The Balaban J connectivity index is 2.04. The van der Waals surface area contributed by atoms with Gasteiger partial charge in [-0.3, -0.25) is 0 Å². The maximum absolute atomic E-state index is 11.2. The van der Waals surface area contributed by atoms with Crippen LogP contribution < -0.4 is 5.73 Å². The number of nitrogens with zero attached hydrogens (tertiary/aromatic N) is 2. The summed E-state index contributed by atoms with van der Waals surface area (Å²) in [4.78, 5) is 0. The van der Waals surface area contributed by atoms with Crippen LogP contribution in [0.3, 0.4) is 0 Å². The molecule has 1 aromatic rings. The highest BCUT2D eigenvalue weighted by Gasteiger charge is 2.33. The first-order valence-corrected chi connectivity index (χ1v) is 7.26. The summed E-state index contributed by atoms with van der Waals surface area (Å²) >= 11 is 0. The Hall–Kier alpha value is -1.84. The quantitative estimate of drug-likeness (QED) is 0.852. The van der Waals surface area contributed by atoms with Gasteiger partial charge in [-0.1, -0.05) is 37.3 Å². The predicted octanol–water partition coefficient (Wildman–Crippen LogP) is 0.678. The van der Waals surface area contributed by atoms with Gasteiger partial charge in [0.1, 0.15) is 0 Å². The highest BCUT2D eigenvalue weighted by Crippen LogP contribution is 2.16. The summed E-state index contributed by atoms with van der Waals surface area (Å²) < 4.78 is 36.7. The van der Waals surface area contributed by atoms with E-state index in [-0.39, 0.29) is 12.6 Å². The first-order chi connectivity index (χ1) is 9.52. The smallest absolute Gasteiger partial charge is 0.365 e. The van der Waals surface area contributed by atoms with E-state index >= 15 is 0 Å². The molecule has 1 aromatic carbocycles. The highest BCUT2D eigenvalue weighted by atomic mass is 32.3. The lowest BCUT2D eigenvalue weighted by Crippen LogP contribution is -2.49. The van der Waals surface area contributed by atoms with Crippen LogP contribution in [0.15, 0.2) is 35.5 Å². The molecule has 2 N–H and O–H groups in total. The monoisotopic (exact) mass is 301 g/mol. The summed E-state index contributed by atoms with van der Waals surface area (Å²) in [6.07, 6.45) is -0.254. The number of guanidine groups is 1. The van der Waals surface area contributed by atoms with Crippen LogP contribution in [0.5, 0.6) is 0 Å². The molecule has 20 heavy (non-hydrogen) atoms. The molecule has 0 spiro atoms. The topological polar surface area (TPSA) is 103 Å². The average molecular weight is 301 g/mol. The third-order valence-electron chi connectivity index (χ3n) is 2.52. The van der Waals surface area contributed by atoms with Gasteiger partial charge in [-0.15, -0.1) is 4.28 Å². The van der Waals surface area contributed by atoms with Gasteiger partial charge in [0.2, 0.25) is 0 Å². The maximum atomic E-state index is 11.2. The van der Waals surface area contributed by atoms with Gasteiger partial charge in [-0.05, 0) is 17.1 Å². The Kier molecular flexibility index (Phi) is 4.42. The molecule has 8 nitrogen and oxygen atoms in total. The first kappa shape index (κ1) is 14.6. The van der Waals surface area contributed by atoms with Crippen molar-refractivity contribution in [3.05, 3.63) is 35.9 Å². The lowest BCUT2D eigenvalue weighted by molar-refractivity contribution is -0.162. The molecule has 0 radical (unpaired) electrons. The lowest BCUT2D eigenvalue weighted by Gasteiger charge is -2.30.